The van der Waals surface area contributed by atoms with Crippen molar-refractivity contribution in [2.75, 3.05) is 4.72 Å². The van der Waals surface area contributed by atoms with Crippen molar-refractivity contribution in [2.45, 2.75) is 51.0 Å². The first-order valence-corrected chi connectivity index (χ1v) is 14.3. The highest BCUT2D eigenvalue weighted by Gasteiger charge is 2.25. The molecule has 4 aromatic rings. The van der Waals surface area contributed by atoms with Crippen molar-refractivity contribution >= 4 is 49.0 Å². The Bertz CT molecular complexity index is 1500. The largest absolute Gasteiger partial charge is 0.267 e. The number of fused-ring (bicyclic) bond motifs is 2. The fourth-order valence-electron chi connectivity index (χ4n) is 4.87. The number of hydrogen-bond acceptors (Lipinski definition) is 5. The van der Waals surface area contributed by atoms with E-state index in [1.165, 1.54) is 41.8 Å². The molecular formula is C25H26ClFN4O2S2. The maximum absolute atomic E-state index is 14.8. The van der Waals surface area contributed by atoms with Gasteiger partial charge in [0.1, 0.15) is 15.0 Å². The van der Waals surface area contributed by atoms with Crippen LogP contribution in [0.15, 0.2) is 47.6 Å². The smallest absolute Gasteiger partial charge is 0.266 e. The Hall–Kier alpha value is -2.49. The molecule has 0 aliphatic heterocycles. The molecule has 6 nitrogen and oxygen atoms in total. The monoisotopic (exact) mass is 532 g/mol. The number of rotatable bonds is 7. The summed E-state index contributed by atoms with van der Waals surface area (Å²) in [6.07, 6.45) is 7.64. The summed E-state index contributed by atoms with van der Waals surface area (Å²) in [6, 6.07) is 8.89. The number of nitrogens with zero attached hydrogens (tertiary/aromatic N) is 3. The van der Waals surface area contributed by atoms with Gasteiger partial charge in [0.15, 0.2) is 5.13 Å². The minimum atomic E-state index is -4.17. The summed E-state index contributed by atoms with van der Waals surface area (Å²) in [4.78, 5) is 3.43. The summed E-state index contributed by atoms with van der Waals surface area (Å²) in [7, 11) is -4.17. The van der Waals surface area contributed by atoms with Crippen molar-refractivity contribution in [2.24, 2.45) is 11.8 Å². The summed E-state index contributed by atoms with van der Waals surface area (Å²) >= 11 is 6.79. The van der Waals surface area contributed by atoms with Crippen molar-refractivity contribution in [3.63, 3.8) is 0 Å². The standard InChI is InChI=1S/C25H26ClFN4O2S2/c1-3-15(2)17-8-7-16-5-4-6-18(20(16)9-17)13-31-14-19-10-23(21(27)11-22(19)29-31)35(32,33)30-25-28-12-24(26)34-25/h4-6,10-12,14-15,17H,3,7-9,13H2,1-2H3,(H,28,30). The highest BCUT2D eigenvalue weighted by Crippen LogP contribution is 2.34. The van der Waals surface area contributed by atoms with Gasteiger partial charge in [-0.3, -0.25) is 9.40 Å². The maximum atomic E-state index is 14.8. The third kappa shape index (κ3) is 4.94. The topological polar surface area (TPSA) is 76.9 Å². The molecule has 2 aromatic carbocycles. The lowest BCUT2D eigenvalue weighted by molar-refractivity contribution is 0.311. The molecule has 10 heteroatoms. The third-order valence-corrected chi connectivity index (χ3v) is 9.51. The van der Waals surface area contributed by atoms with Crippen LogP contribution in [0.25, 0.3) is 10.9 Å². The van der Waals surface area contributed by atoms with Gasteiger partial charge in [0.05, 0.1) is 18.3 Å². The normalized spacial score (nSPS) is 16.9. The first-order chi connectivity index (χ1) is 16.7. The second-order valence-corrected chi connectivity index (χ2v) is 12.5. The molecule has 0 radical (unpaired) electrons. The van der Waals surface area contributed by atoms with Gasteiger partial charge in [-0.05, 0) is 53.9 Å². The number of aromatic nitrogens is 3. The van der Waals surface area contributed by atoms with E-state index >= 15 is 0 Å². The van der Waals surface area contributed by atoms with Gasteiger partial charge < -0.3 is 0 Å². The Balaban J connectivity index is 1.44. The van der Waals surface area contributed by atoms with E-state index in [0.717, 1.165) is 30.2 Å². The molecule has 0 saturated heterocycles. The van der Waals surface area contributed by atoms with Crippen LogP contribution in [-0.4, -0.2) is 23.2 Å². The van der Waals surface area contributed by atoms with Crippen LogP contribution < -0.4 is 4.72 Å². The minimum Gasteiger partial charge on any atom is -0.267 e. The number of nitrogens with one attached hydrogen (secondary N) is 1. The van der Waals surface area contributed by atoms with Gasteiger partial charge >= 0.3 is 0 Å². The van der Waals surface area contributed by atoms with Crippen molar-refractivity contribution in [1.82, 2.24) is 14.8 Å². The first kappa shape index (κ1) is 24.2. The van der Waals surface area contributed by atoms with Gasteiger partial charge in [-0.15, -0.1) is 0 Å². The van der Waals surface area contributed by atoms with Gasteiger partial charge in [0.25, 0.3) is 10.0 Å². The van der Waals surface area contributed by atoms with E-state index in [9.17, 15) is 12.8 Å². The fourth-order valence-corrected chi connectivity index (χ4v) is 7.02. The van der Waals surface area contributed by atoms with E-state index in [-0.39, 0.29) is 5.13 Å². The van der Waals surface area contributed by atoms with Gasteiger partial charge in [-0.1, -0.05) is 61.4 Å². The molecule has 2 heterocycles. The lowest BCUT2D eigenvalue weighted by atomic mass is 9.75. The van der Waals surface area contributed by atoms with Crippen molar-refractivity contribution in [1.29, 1.82) is 0 Å². The third-order valence-electron chi connectivity index (χ3n) is 7.00. The van der Waals surface area contributed by atoms with Crippen LogP contribution in [0.1, 0.15) is 43.4 Å². The minimum absolute atomic E-state index is 0.0785. The molecule has 2 atom stereocenters. The average molecular weight is 533 g/mol. The molecule has 5 rings (SSSR count). The first-order valence-electron chi connectivity index (χ1n) is 11.6. The number of hydrogen-bond donors (Lipinski definition) is 1. The molecule has 184 valence electrons. The number of sulfonamides is 1. The van der Waals surface area contributed by atoms with E-state index < -0.39 is 20.7 Å². The van der Waals surface area contributed by atoms with Crippen molar-refractivity contribution in [3.8, 4) is 0 Å². The zero-order valence-electron chi connectivity index (χ0n) is 19.5. The Morgan fingerprint density at radius 2 is 2.17 bits per heavy atom. The van der Waals surface area contributed by atoms with Crippen molar-refractivity contribution in [3.05, 3.63) is 69.6 Å². The SMILES string of the molecule is CCC(C)C1CCc2cccc(Cn3cc4cc(S(=O)(=O)Nc5ncc(Cl)s5)c(F)cc4n3)c2C1. The quantitative estimate of drug-likeness (QED) is 0.303. The average Bonchev–Trinajstić information content (AvgIpc) is 3.41. The lowest BCUT2D eigenvalue weighted by Crippen LogP contribution is -2.22. The van der Waals surface area contributed by atoms with Crippen LogP contribution in [-0.2, 0) is 29.4 Å². The van der Waals surface area contributed by atoms with Crippen LogP contribution in [0, 0.1) is 17.7 Å². The van der Waals surface area contributed by atoms with E-state index in [2.05, 4.69) is 46.9 Å². The van der Waals surface area contributed by atoms with Gasteiger partial charge in [-0.25, -0.2) is 17.8 Å². The zero-order valence-corrected chi connectivity index (χ0v) is 21.9. The Morgan fingerprint density at radius 1 is 1.34 bits per heavy atom. The number of thiazole rings is 1. The summed E-state index contributed by atoms with van der Waals surface area (Å²) in [5.74, 6) is 0.486. The maximum Gasteiger partial charge on any atom is 0.266 e. The fraction of sp³-hybridized carbons (Fsp3) is 0.360. The highest BCUT2D eigenvalue weighted by atomic mass is 35.5. The summed E-state index contributed by atoms with van der Waals surface area (Å²) < 4.78 is 44.8. The molecule has 0 bridgehead atoms. The van der Waals surface area contributed by atoms with E-state index in [1.54, 1.807) is 10.9 Å². The van der Waals surface area contributed by atoms with Crippen molar-refractivity contribution < 1.29 is 12.8 Å². The number of aryl methyl sites for hydroxylation is 1. The van der Waals surface area contributed by atoms with Crippen LogP contribution in [0.3, 0.4) is 0 Å². The summed E-state index contributed by atoms with van der Waals surface area (Å²) in [6.45, 7) is 5.12. The van der Waals surface area contributed by atoms with Crippen LogP contribution in [0.2, 0.25) is 4.34 Å². The molecule has 2 aromatic heterocycles. The molecule has 35 heavy (non-hydrogen) atoms. The van der Waals surface area contributed by atoms with Gasteiger partial charge in [-0.2, -0.15) is 5.10 Å². The molecule has 0 fully saturated rings. The number of benzene rings is 2. The predicted molar refractivity (Wildman–Crippen MR) is 138 cm³/mol. The van der Waals surface area contributed by atoms with E-state index in [1.807, 2.05) is 0 Å². The lowest BCUT2D eigenvalue weighted by Gasteiger charge is -2.30. The van der Waals surface area contributed by atoms with Gasteiger partial charge in [0.2, 0.25) is 0 Å². The summed E-state index contributed by atoms with van der Waals surface area (Å²) in [5, 5.41) is 5.16. The highest BCUT2D eigenvalue weighted by molar-refractivity contribution is 7.93. The molecular weight excluding hydrogens is 507 g/mol. The van der Waals surface area contributed by atoms with Crippen LogP contribution in [0.5, 0.6) is 0 Å². The molecule has 1 aliphatic rings. The second-order valence-electron chi connectivity index (χ2n) is 9.19. The van der Waals surface area contributed by atoms with E-state index in [4.69, 9.17) is 11.6 Å². The van der Waals surface area contributed by atoms with Crippen LogP contribution >= 0.6 is 22.9 Å². The molecule has 1 N–H and O–H groups in total. The Labute approximate surface area is 213 Å². The predicted octanol–water partition coefficient (Wildman–Crippen LogP) is 6.29. The summed E-state index contributed by atoms with van der Waals surface area (Å²) in [5.41, 5.74) is 4.40. The molecule has 0 amide bonds. The van der Waals surface area contributed by atoms with Gasteiger partial charge in [0, 0.05) is 17.6 Å². The second kappa shape index (κ2) is 9.52. The number of anilines is 1. The van der Waals surface area contributed by atoms with E-state index in [0.29, 0.717) is 33.6 Å². The van der Waals surface area contributed by atoms with Crippen LogP contribution in [0.4, 0.5) is 9.52 Å². The molecule has 1 aliphatic carbocycles. The zero-order chi connectivity index (χ0) is 24.7. The molecule has 0 spiro atoms. The number of halogens is 2. The molecule has 2 unspecified atom stereocenters. The molecule has 0 saturated carbocycles. The Kier molecular flexibility index (Phi) is 6.59. The Morgan fingerprint density at radius 3 is 2.91 bits per heavy atom.